The average molecular weight is 360 g/mol. The van der Waals surface area contributed by atoms with Gasteiger partial charge in [0.15, 0.2) is 6.19 Å². The lowest BCUT2D eigenvalue weighted by Crippen LogP contribution is -2.27. The molecule has 1 aromatic heterocycles. The molecule has 7 nitrogen and oxygen atoms in total. The van der Waals surface area contributed by atoms with Crippen LogP contribution in [-0.2, 0) is 4.74 Å². The molecule has 0 spiro atoms. The molecule has 0 bridgehead atoms. The number of aromatic nitrogens is 1. The van der Waals surface area contributed by atoms with E-state index in [9.17, 15) is 0 Å². The smallest absolute Gasteiger partial charge is 0.209 e. The summed E-state index contributed by atoms with van der Waals surface area (Å²) in [5.74, 6) is 1.10. The minimum Gasteiger partial charge on any atom is -0.491 e. The Morgan fingerprint density at radius 1 is 1.12 bits per heavy atom. The zero-order chi connectivity index (χ0) is 17.7. The number of anilines is 1. The van der Waals surface area contributed by atoms with Crippen LogP contribution in [0.15, 0.2) is 53.8 Å². The Labute approximate surface area is 151 Å². The fraction of sp³-hybridized carbons (Fsp3) is 0.235. The van der Waals surface area contributed by atoms with Gasteiger partial charge in [-0.1, -0.05) is 11.6 Å². The molecule has 0 amide bonds. The lowest BCUT2D eigenvalue weighted by atomic mass is 10.3. The van der Waals surface area contributed by atoms with Crippen molar-refractivity contribution in [3.05, 3.63) is 53.8 Å². The minimum absolute atomic E-state index is 0.356. The highest BCUT2D eigenvalue weighted by molar-refractivity contribution is 6.30. The van der Waals surface area contributed by atoms with E-state index in [0.717, 1.165) is 11.4 Å². The van der Waals surface area contributed by atoms with Crippen LogP contribution in [0.25, 0.3) is 0 Å². The first-order chi connectivity index (χ1) is 12.3. The zero-order valence-corrected chi connectivity index (χ0v) is 14.2. The third-order valence-electron chi connectivity index (χ3n) is 2.93. The molecule has 0 saturated heterocycles. The number of hydrogen-bond acceptors (Lipinski definition) is 5. The van der Waals surface area contributed by atoms with Crippen molar-refractivity contribution in [2.45, 2.75) is 0 Å². The van der Waals surface area contributed by atoms with Gasteiger partial charge in [-0.2, -0.15) is 5.26 Å². The average Bonchev–Trinajstić information content (AvgIpc) is 2.63. The predicted octanol–water partition coefficient (Wildman–Crippen LogP) is 2.67. The van der Waals surface area contributed by atoms with Crippen LogP contribution in [0.4, 0.5) is 5.69 Å². The largest absolute Gasteiger partial charge is 0.491 e. The Balaban J connectivity index is 1.64. The molecule has 1 heterocycles. The molecule has 1 aromatic carbocycles. The Kier molecular flexibility index (Phi) is 8.05. The SMILES string of the molecule is N#CNC(=NCCOCCOc1ccc(Cl)cc1)Nc1ccncc1. The Bertz CT molecular complexity index is 701. The number of nitriles is 1. The van der Waals surface area contributed by atoms with Crippen LogP contribution in [0.2, 0.25) is 5.02 Å². The molecule has 0 fully saturated rings. The second kappa shape index (κ2) is 10.9. The molecule has 0 atom stereocenters. The van der Waals surface area contributed by atoms with Crippen molar-refractivity contribution < 1.29 is 9.47 Å². The molecule has 130 valence electrons. The quantitative estimate of drug-likeness (QED) is 0.247. The number of ether oxygens (including phenoxy) is 2. The van der Waals surface area contributed by atoms with Gasteiger partial charge in [-0.25, -0.2) is 4.99 Å². The standard InChI is InChI=1S/C17H18ClN5O2/c18-14-1-3-16(4-2-14)25-12-11-24-10-9-21-17(22-13-19)23-15-5-7-20-8-6-15/h1-8H,9-12H2,(H2,20,21,22,23). The highest BCUT2D eigenvalue weighted by atomic mass is 35.5. The highest BCUT2D eigenvalue weighted by Crippen LogP contribution is 2.15. The first-order valence-electron chi connectivity index (χ1n) is 7.60. The van der Waals surface area contributed by atoms with Crippen LogP contribution < -0.4 is 15.4 Å². The number of aliphatic imine (C=N–C) groups is 1. The monoisotopic (exact) mass is 359 g/mol. The molecule has 0 aliphatic rings. The number of nitrogens with one attached hydrogen (secondary N) is 2. The molecule has 0 aliphatic heterocycles. The second-order valence-electron chi connectivity index (χ2n) is 4.74. The fourth-order valence-electron chi connectivity index (χ4n) is 1.81. The summed E-state index contributed by atoms with van der Waals surface area (Å²) in [4.78, 5) is 8.17. The van der Waals surface area contributed by atoms with Crippen LogP contribution in [-0.4, -0.2) is 37.3 Å². The van der Waals surface area contributed by atoms with Crippen LogP contribution in [0.3, 0.4) is 0 Å². The molecular formula is C17H18ClN5O2. The third-order valence-corrected chi connectivity index (χ3v) is 3.18. The van der Waals surface area contributed by atoms with Gasteiger partial charge >= 0.3 is 0 Å². The molecule has 8 heteroatoms. The molecule has 0 radical (unpaired) electrons. The Morgan fingerprint density at radius 3 is 2.60 bits per heavy atom. The van der Waals surface area contributed by atoms with E-state index in [0.29, 0.717) is 37.3 Å². The van der Waals surface area contributed by atoms with E-state index in [1.165, 1.54) is 0 Å². The highest BCUT2D eigenvalue weighted by Gasteiger charge is 1.99. The van der Waals surface area contributed by atoms with E-state index >= 15 is 0 Å². The first kappa shape index (κ1) is 18.5. The second-order valence-corrected chi connectivity index (χ2v) is 5.18. The van der Waals surface area contributed by atoms with Gasteiger partial charge in [0.1, 0.15) is 12.4 Å². The lowest BCUT2D eigenvalue weighted by Gasteiger charge is -2.08. The predicted molar refractivity (Wildman–Crippen MR) is 96.7 cm³/mol. The number of nitrogens with zero attached hydrogens (tertiary/aromatic N) is 3. The van der Waals surface area contributed by atoms with E-state index in [-0.39, 0.29) is 0 Å². The van der Waals surface area contributed by atoms with E-state index in [1.54, 1.807) is 48.8 Å². The fourth-order valence-corrected chi connectivity index (χ4v) is 1.93. The summed E-state index contributed by atoms with van der Waals surface area (Å²) in [6, 6.07) is 10.7. The molecule has 25 heavy (non-hydrogen) atoms. The summed E-state index contributed by atoms with van der Waals surface area (Å²) in [7, 11) is 0. The summed E-state index contributed by atoms with van der Waals surface area (Å²) in [5, 5.41) is 14.9. The van der Waals surface area contributed by atoms with Crippen LogP contribution >= 0.6 is 11.6 Å². The molecule has 0 saturated carbocycles. The van der Waals surface area contributed by atoms with Gasteiger partial charge in [-0.15, -0.1) is 0 Å². The number of benzene rings is 1. The Morgan fingerprint density at radius 2 is 1.88 bits per heavy atom. The zero-order valence-electron chi connectivity index (χ0n) is 13.5. The van der Waals surface area contributed by atoms with E-state index in [4.69, 9.17) is 26.3 Å². The van der Waals surface area contributed by atoms with Gasteiger partial charge < -0.3 is 14.8 Å². The summed E-state index contributed by atoms with van der Waals surface area (Å²) in [5.41, 5.74) is 0.786. The van der Waals surface area contributed by atoms with Gasteiger partial charge in [0.25, 0.3) is 0 Å². The van der Waals surface area contributed by atoms with Crippen molar-refractivity contribution in [3.63, 3.8) is 0 Å². The molecule has 2 rings (SSSR count). The number of pyridine rings is 1. The number of guanidine groups is 1. The third kappa shape index (κ3) is 7.52. The molecule has 2 aromatic rings. The maximum Gasteiger partial charge on any atom is 0.209 e. The van der Waals surface area contributed by atoms with Crippen molar-refractivity contribution in [2.75, 3.05) is 31.7 Å². The molecule has 0 unspecified atom stereocenters. The Hall–Kier alpha value is -2.82. The van der Waals surface area contributed by atoms with Crippen molar-refractivity contribution in [2.24, 2.45) is 4.99 Å². The summed E-state index contributed by atoms with van der Waals surface area (Å²) < 4.78 is 11.0. The van der Waals surface area contributed by atoms with Crippen molar-refractivity contribution in [1.29, 1.82) is 5.26 Å². The number of hydrogen-bond donors (Lipinski definition) is 2. The van der Waals surface area contributed by atoms with Gasteiger partial charge in [0, 0.05) is 23.1 Å². The normalized spacial score (nSPS) is 10.8. The van der Waals surface area contributed by atoms with Crippen molar-refractivity contribution >= 4 is 23.2 Å². The summed E-state index contributed by atoms with van der Waals surface area (Å²) in [6.45, 7) is 1.70. The van der Waals surface area contributed by atoms with Crippen molar-refractivity contribution in [1.82, 2.24) is 10.3 Å². The molecule has 2 N–H and O–H groups in total. The van der Waals surface area contributed by atoms with Crippen LogP contribution in [0.5, 0.6) is 5.75 Å². The minimum atomic E-state index is 0.356. The topological polar surface area (TPSA) is 91.6 Å². The van der Waals surface area contributed by atoms with Crippen LogP contribution in [0, 0.1) is 11.5 Å². The van der Waals surface area contributed by atoms with E-state index in [1.807, 2.05) is 6.19 Å². The summed E-state index contributed by atoms with van der Waals surface area (Å²) in [6.07, 6.45) is 5.14. The van der Waals surface area contributed by atoms with Crippen LogP contribution in [0.1, 0.15) is 0 Å². The van der Waals surface area contributed by atoms with Crippen molar-refractivity contribution in [3.8, 4) is 11.9 Å². The van der Waals surface area contributed by atoms with E-state index in [2.05, 4.69) is 20.6 Å². The van der Waals surface area contributed by atoms with E-state index < -0.39 is 0 Å². The molecule has 0 aliphatic carbocycles. The molecular weight excluding hydrogens is 342 g/mol. The number of rotatable bonds is 8. The first-order valence-corrected chi connectivity index (χ1v) is 7.98. The lowest BCUT2D eigenvalue weighted by molar-refractivity contribution is 0.106. The van der Waals surface area contributed by atoms with Gasteiger partial charge in [-0.05, 0) is 36.4 Å². The number of halogens is 1. The maximum absolute atomic E-state index is 8.76. The van der Waals surface area contributed by atoms with Gasteiger partial charge in [-0.3, -0.25) is 10.3 Å². The van der Waals surface area contributed by atoms with Gasteiger partial charge in [0.05, 0.1) is 19.8 Å². The summed E-state index contributed by atoms with van der Waals surface area (Å²) >= 11 is 5.80. The maximum atomic E-state index is 8.76. The van der Waals surface area contributed by atoms with Gasteiger partial charge in [0.2, 0.25) is 5.96 Å².